The van der Waals surface area contributed by atoms with Gasteiger partial charge in [-0.2, -0.15) is 13.2 Å². The number of piperidine rings is 1. The van der Waals surface area contributed by atoms with Crippen LogP contribution in [0.4, 0.5) is 24.8 Å². The number of anilines is 2. The van der Waals surface area contributed by atoms with E-state index in [4.69, 9.17) is 15.5 Å². The molecule has 13 heteroatoms. The molecule has 1 saturated carbocycles. The van der Waals surface area contributed by atoms with E-state index < -0.39 is 17.6 Å². The van der Waals surface area contributed by atoms with Crippen molar-refractivity contribution in [2.45, 2.75) is 57.2 Å². The Balaban J connectivity index is 1.37. The van der Waals surface area contributed by atoms with Gasteiger partial charge in [-0.05, 0) is 56.0 Å². The first kappa shape index (κ1) is 28.4. The van der Waals surface area contributed by atoms with E-state index in [1.165, 1.54) is 0 Å². The topological polar surface area (TPSA) is 128 Å². The lowest BCUT2D eigenvalue weighted by molar-refractivity contribution is -0.137. The molecule has 1 aliphatic carbocycles. The van der Waals surface area contributed by atoms with Crippen LogP contribution < -0.4 is 15.8 Å². The number of carbonyl (C=O) groups excluding carboxylic acids is 2. The Morgan fingerprint density at radius 3 is 2.67 bits per heavy atom. The van der Waals surface area contributed by atoms with Crippen LogP contribution in [0.3, 0.4) is 0 Å². The van der Waals surface area contributed by atoms with Crippen molar-refractivity contribution in [2.24, 2.45) is 0 Å². The number of likely N-dealkylation sites (tertiary alicyclic amines) is 1. The second kappa shape index (κ2) is 11.2. The number of amides is 2. The molecule has 2 fully saturated rings. The first-order valence-corrected chi connectivity index (χ1v) is 14.2. The molecule has 1 atom stereocenters. The highest BCUT2D eigenvalue weighted by Gasteiger charge is 2.32. The van der Waals surface area contributed by atoms with Crippen molar-refractivity contribution in [1.82, 2.24) is 24.3 Å². The number of ether oxygens (including phenoxy) is 1. The first-order valence-electron chi connectivity index (χ1n) is 14.2. The Bertz CT molecular complexity index is 1700. The number of aromatic nitrogens is 4. The smallest absolute Gasteiger partial charge is 0.416 e. The fourth-order valence-corrected chi connectivity index (χ4v) is 5.39. The van der Waals surface area contributed by atoms with Gasteiger partial charge in [0.15, 0.2) is 0 Å². The highest BCUT2D eigenvalue weighted by Crippen LogP contribution is 2.40. The average molecular weight is 594 g/mol. The minimum absolute atomic E-state index is 0.0230. The van der Waals surface area contributed by atoms with Gasteiger partial charge in [-0.1, -0.05) is 6.92 Å². The molecule has 6 rings (SSSR count). The number of nitrogens with two attached hydrogens (primary N) is 1. The summed E-state index contributed by atoms with van der Waals surface area (Å²) < 4.78 is 47.6. The summed E-state index contributed by atoms with van der Waals surface area (Å²) in [5, 5.41) is 2.44. The molecule has 1 saturated heterocycles. The Hall–Kier alpha value is -4.68. The van der Waals surface area contributed by atoms with Crippen LogP contribution in [0.2, 0.25) is 0 Å². The summed E-state index contributed by atoms with van der Waals surface area (Å²) in [6.45, 7) is 3.10. The van der Waals surface area contributed by atoms with Crippen LogP contribution in [-0.2, 0) is 11.0 Å². The molecule has 1 aliphatic heterocycles. The summed E-state index contributed by atoms with van der Waals surface area (Å²) in [6.07, 6.45) is 3.63. The quantitative estimate of drug-likeness (QED) is 0.298. The SMILES string of the molecule is CCC(=O)N1CCCC(c2nc(-c3ccc(C(=O)Nc4cc(C(F)(F)F)ccn4)cc3OC3CC3)c3c(N)nccn23)C1. The van der Waals surface area contributed by atoms with E-state index in [-0.39, 0.29) is 35.1 Å². The molecule has 2 amide bonds. The standard InChI is InChI=1S/C30H30F3N7O3/c1-2-24(41)39-12-3-4-18(16-39)28-38-25(26-27(34)36-11-13-40(26)28)21-8-5-17(14-22(21)43-20-6-7-20)29(42)37-23-15-19(9-10-35-23)30(31,32)33/h5,8-11,13-15,18,20H,2-4,6-7,12,16H2,1H3,(H2,34,36)(H,35,37,42). The molecule has 3 N–H and O–H groups in total. The largest absolute Gasteiger partial charge is 0.490 e. The van der Waals surface area contributed by atoms with E-state index in [0.29, 0.717) is 42.0 Å². The molecule has 1 unspecified atom stereocenters. The van der Waals surface area contributed by atoms with Crippen LogP contribution in [0.25, 0.3) is 16.8 Å². The van der Waals surface area contributed by atoms with Gasteiger partial charge in [-0.3, -0.25) is 14.0 Å². The van der Waals surface area contributed by atoms with Crippen LogP contribution in [0.15, 0.2) is 48.9 Å². The molecule has 4 aromatic rings. The molecule has 3 aromatic heterocycles. The normalized spacial score (nSPS) is 17.2. The summed E-state index contributed by atoms with van der Waals surface area (Å²) in [5.41, 5.74) is 7.35. The number of alkyl halides is 3. The number of hydrogen-bond acceptors (Lipinski definition) is 7. The van der Waals surface area contributed by atoms with Crippen LogP contribution in [0.1, 0.15) is 66.7 Å². The molecule has 1 aromatic carbocycles. The number of carbonyl (C=O) groups is 2. The maximum atomic E-state index is 13.1. The maximum absolute atomic E-state index is 13.1. The summed E-state index contributed by atoms with van der Waals surface area (Å²) >= 11 is 0. The van der Waals surface area contributed by atoms with E-state index >= 15 is 0 Å². The van der Waals surface area contributed by atoms with E-state index in [2.05, 4.69) is 15.3 Å². The summed E-state index contributed by atoms with van der Waals surface area (Å²) in [4.78, 5) is 40.6. The Kier molecular flexibility index (Phi) is 7.40. The van der Waals surface area contributed by atoms with Gasteiger partial charge in [-0.15, -0.1) is 0 Å². The Morgan fingerprint density at radius 1 is 1.12 bits per heavy atom. The summed E-state index contributed by atoms with van der Waals surface area (Å²) in [6, 6.07) is 6.41. The Morgan fingerprint density at radius 2 is 1.93 bits per heavy atom. The highest BCUT2D eigenvalue weighted by atomic mass is 19.4. The fourth-order valence-electron chi connectivity index (χ4n) is 5.39. The number of hydrogen-bond donors (Lipinski definition) is 2. The Labute approximate surface area is 245 Å². The van der Waals surface area contributed by atoms with Crippen LogP contribution in [0.5, 0.6) is 5.75 Å². The van der Waals surface area contributed by atoms with E-state index in [0.717, 1.165) is 49.8 Å². The van der Waals surface area contributed by atoms with Crippen molar-refractivity contribution in [3.8, 4) is 17.0 Å². The van der Waals surface area contributed by atoms with E-state index in [9.17, 15) is 22.8 Å². The van der Waals surface area contributed by atoms with Gasteiger partial charge in [0.1, 0.15) is 34.4 Å². The van der Waals surface area contributed by atoms with Gasteiger partial charge in [0.25, 0.3) is 5.91 Å². The van der Waals surface area contributed by atoms with Crippen LogP contribution >= 0.6 is 0 Å². The van der Waals surface area contributed by atoms with Gasteiger partial charge in [0, 0.05) is 55.1 Å². The number of fused-ring (bicyclic) bond motifs is 1. The molecule has 43 heavy (non-hydrogen) atoms. The lowest BCUT2D eigenvalue weighted by Gasteiger charge is -2.32. The zero-order chi connectivity index (χ0) is 30.3. The van der Waals surface area contributed by atoms with Crippen molar-refractivity contribution in [1.29, 1.82) is 0 Å². The third kappa shape index (κ3) is 5.84. The number of nitrogens with zero attached hydrogens (tertiary/aromatic N) is 5. The third-order valence-corrected chi connectivity index (χ3v) is 7.70. The number of nitrogen functional groups attached to an aromatic ring is 1. The number of benzene rings is 1. The monoisotopic (exact) mass is 593 g/mol. The summed E-state index contributed by atoms with van der Waals surface area (Å²) in [5.74, 6) is 0.629. The van der Waals surface area contributed by atoms with Crippen molar-refractivity contribution in [3.63, 3.8) is 0 Å². The predicted octanol–water partition coefficient (Wildman–Crippen LogP) is 5.30. The number of rotatable bonds is 7. The van der Waals surface area contributed by atoms with Gasteiger partial charge in [0.05, 0.1) is 11.7 Å². The minimum atomic E-state index is -4.57. The van der Waals surface area contributed by atoms with Gasteiger partial charge < -0.3 is 20.7 Å². The molecule has 0 radical (unpaired) electrons. The van der Waals surface area contributed by atoms with Crippen LogP contribution in [0, 0.1) is 0 Å². The molecule has 224 valence electrons. The molecule has 2 aliphatic rings. The number of pyridine rings is 1. The van der Waals surface area contributed by atoms with Gasteiger partial charge in [-0.25, -0.2) is 15.0 Å². The predicted molar refractivity (Wildman–Crippen MR) is 153 cm³/mol. The zero-order valence-electron chi connectivity index (χ0n) is 23.4. The second-order valence-corrected chi connectivity index (χ2v) is 10.8. The van der Waals surface area contributed by atoms with Crippen molar-refractivity contribution in [3.05, 3.63) is 65.9 Å². The third-order valence-electron chi connectivity index (χ3n) is 7.70. The number of halogens is 3. The average Bonchev–Trinajstić information content (AvgIpc) is 3.73. The first-order chi connectivity index (χ1) is 20.6. The van der Waals surface area contributed by atoms with E-state index in [1.54, 1.807) is 30.6 Å². The lowest BCUT2D eigenvalue weighted by Crippen LogP contribution is -2.39. The highest BCUT2D eigenvalue weighted by molar-refractivity contribution is 6.04. The van der Waals surface area contributed by atoms with Gasteiger partial charge in [0.2, 0.25) is 5.91 Å². The zero-order valence-corrected chi connectivity index (χ0v) is 23.4. The molecule has 0 spiro atoms. The minimum Gasteiger partial charge on any atom is -0.490 e. The molecular formula is C30H30F3N7O3. The number of imidazole rings is 1. The lowest BCUT2D eigenvalue weighted by atomic mass is 9.97. The maximum Gasteiger partial charge on any atom is 0.416 e. The molecule has 0 bridgehead atoms. The fraction of sp³-hybridized carbons (Fsp3) is 0.367. The molecule has 4 heterocycles. The molecular weight excluding hydrogens is 563 g/mol. The van der Waals surface area contributed by atoms with Crippen molar-refractivity contribution in [2.75, 3.05) is 24.1 Å². The van der Waals surface area contributed by atoms with Crippen molar-refractivity contribution >= 4 is 29.0 Å². The summed E-state index contributed by atoms with van der Waals surface area (Å²) in [7, 11) is 0. The second-order valence-electron chi connectivity index (χ2n) is 10.8. The number of nitrogens with one attached hydrogen (secondary N) is 1. The van der Waals surface area contributed by atoms with Crippen molar-refractivity contribution < 1.29 is 27.5 Å². The van der Waals surface area contributed by atoms with Crippen LogP contribution in [-0.4, -0.2) is 55.3 Å². The van der Waals surface area contributed by atoms with Gasteiger partial charge >= 0.3 is 6.18 Å². The van der Waals surface area contributed by atoms with E-state index in [1.807, 2.05) is 16.2 Å². The molecule has 10 nitrogen and oxygen atoms in total.